The molecule has 0 radical (unpaired) electrons. The summed E-state index contributed by atoms with van der Waals surface area (Å²) in [6.07, 6.45) is 5.62. The van der Waals surface area contributed by atoms with Crippen molar-refractivity contribution >= 4 is 0 Å². The van der Waals surface area contributed by atoms with Crippen molar-refractivity contribution in [3.8, 4) is 11.4 Å². The lowest BCUT2D eigenvalue weighted by Crippen LogP contribution is -3.09. The Morgan fingerprint density at radius 1 is 1.24 bits per heavy atom. The molecule has 2 atom stereocenters. The second-order valence-electron chi connectivity index (χ2n) is 6.89. The van der Waals surface area contributed by atoms with Crippen molar-refractivity contribution in [3.05, 3.63) is 59.7 Å². The van der Waals surface area contributed by atoms with Crippen LogP contribution in [-0.4, -0.2) is 21.3 Å². The number of likely N-dealkylation sites (tertiary alicyclic amines) is 1. The van der Waals surface area contributed by atoms with Gasteiger partial charge in [0, 0.05) is 31.6 Å². The summed E-state index contributed by atoms with van der Waals surface area (Å²) in [5, 5.41) is 4.18. The van der Waals surface area contributed by atoms with Gasteiger partial charge in [-0.2, -0.15) is 4.98 Å². The lowest BCUT2D eigenvalue weighted by Gasteiger charge is -2.20. The number of quaternary nitrogens is 1. The summed E-state index contributed by atoms with van der Waals surface area (Å²) in [6, 6.07) is 13.3. The highest BCUT2D eigenvalue weighted by molar-refractivity contribution is 5.54. The molecule has 5 nitrogen and oxygen atoms in total. The Bertz CT molecular complexity index is 834. The molecule has 3 aromatic rings. The van der Waals surface area contributed by atoms with Gasteiger partial charge in [0.2, 0.25) is 5.82 Å². The first kappa shape index (κ1) is 16.1. The van der Waals surface area contributed by atoms with Crippen molar-refractivity contribution in [2.24, 2.45) is 7.05 Å². The number of rotatable bonds is 5. The number of aromatic nitrogens is 3. The SMILES string of the molecule is CCc1ccc(-c2noc(C[NH+]3CCC[C@@H]3c3cccn3C)n2)cc1. The van der Waals surface area contributed by atoms with E-state index in [0.717, 1.165) is 31.0 Å². The van der Waals surface area contributed by atoms with Gasteiger partial charge < -0.3 is 14.0 Å². The third-order valence-electron chi connectivity index (χ3n) is 5.29. The maximum atomic E-state index is 5.54. The summed E-state index contributed by atoms with van der Waals surface area (Å²) in [7, 11) is 2.12. The third-order valence-corrected chi connectivity index (χ3v) is 5.29. The number of nitrogens with one attached hydrogen (secondary N) is 1. The van der Waals surface area contributed by atoms with E-state index in [9.17, 15) is 0 Å². The minimum absolute atomic E-state index is 0.513. The van der Waals surface area contributed by atoms with Crippen molar-refractivity contribution in [2.75, 3.05) is 6.54 Å². The Kier molecular flexibility index (Phi) is 4.40. The highest BCUT2D eigenvalue weighted by atomic mass is 16.5. The van der Waals surface area contributed by atoms with Gasteiger partial charge in [-0.25, -0.2) is 0 Å². The van der Waals surface area contributed by atoms with Crippen LogP contribution in [0.2, 0.25) is 0 Å². The van der Waals surface area contributed by atoms with E-state index < -0.39 is 0 Å². The van der Waals surface area contributed by atoms with Gasteiger partial charge in [-0.05, 0) is 24.1 Å². The Morgan fingerprint density at radius 3 is 2.80 bits per heavy atom. The second-order valence-corrected chi connectivity index (χ2v) is 6.89. The van der Waals surface area contributed by atoms with Crippen LogP contribution in [-0.2, 0) is 20.0 Å². The highest BCUT2D eigenvalue weighted by Crippen LogP contribution is 2.20. The zero-order valence-corrected chi connectivity index (χ0v) is 14.9. The first-order valence-corrected chi connectivity index (χ1v) is 9.12. The summed E-state index contributed by atoms with van der Waals surface area (Å²) < 4.78 is 7.77. The molecule has 1 fully saturated rings. The smallest absolute Gasteiger partial charge is 0.282 e. The van der Waals surface area contributed by atoms with Crippen LogP contribution < -0.4 is 4.90 Å². The fourth-order valence-corrected chi connectivity index (χ4v) is 3.84. The van der Waals surface area contributed by atoms with E-state index in [4.69, 9.17) is 4.52 Å². The highest BCUT2D eigenvalue weighted by Gasteiger charge is 2.33. The maximum Gasteiger partial charge on any atom is 0.282 e. The molecular formula is C20H25N4O+. The summed E-state index contributed by atoms with van der Waals surface area (Å²) in [5.41, 5.74) is 3.73. The summed E-state index contributed by atoms with van der Waals surface area (Å²) in [4.78, 5) is 6.14. The first-order chi connectivity index (χ1) is 12.2. The molecule has 1 saturated heterocycles. The van der Waals surface area contributed by atoms with Crippen molar-refractivity contribution in [1.82, 2.24) is 14.7 Å². The fourth-order valence-electron chi connectivity index (χ4n) is 3.84. The van der Waals surface area contributed by atoms with Crippen LogP contribution in [0.15, 0.2) is 47.1 Å². The predicted octanol–water partition coefficient (Wildman–Crippen LogP) is 2.56. The maximum absolute atomic E-state index is 5.54. The van der Waals surface area contributed by atoms with Gasteiger partial charge in [0.15, 0.2) is 6.54 Å². The van der Waals surface area contributed by atoms with E-state index in [-0.39, 0.29) is 0 Å². The fraction of sp³-hybridized carbons (Fsp3) is 0.400. The molecule has 1 aromatic carbocycles. The minimum Gasteiger partial charge on any atom is -0.350 e. The quantitative estimate of drug-likeness (QED) is 0.778. The molecule has 1 N–H and O–H groups in total. The molecule has 0 amide bonds. The zero-order valence-electron chi connectivity index (χ0n) is 14.9. The summed E-state index contributed by atoms with van der Waals surface area (Å²) in [5.74, 6) is 1.41. The standard InChI is InChI=1S/C20H24N4O/c1-3-15-8-10-16(11-9-15)20-21-19(25-22-20)14-24-13-5-7-18(24)17-6-4-12-23(17)2/h4,6,8-12,18H,3,5,7,13-14H2,1-2H3/p+1/t18-/m1/s1. The van der Waals surface area contributed by atoms with Crippen LogP contribution in [0.1, 0.15) is 43.0 Å². The van der Waals surface area contributed by atoms with Crippen LogP contribution in [0, 0.1) is 0 Å². The van der Waals surface area contributed by atoms with Gasteiger partial charge in [-0.1, -0.05) is 36.3 Å². The molecule has 130 valence electrons. The number of nitrogens with zero attached hydrogens (tertiary/aromatic N) is 3. The van der Waals surface area contributed by atoms with Gasteiger partial charge in [0.1, 0.15) is 6.04 Å². The van der Waals surface area contributed by atoms with Crippen molar-refractivity contribution in [2.45, 2.75) is 38.8 Å². The van der Waals surface area contributed by atoms with Gasteiger partial charge >= 0.3 is 0 Å². The van der Waals surface area contributed by atoms with E-state index >= 15 is 0 Å². The predicted molar refractivity (Wildman–Crippen MR) is 96.0 cm³/mol. The summed E-state index contributed by atoms with van der Waals surface area (Å²) >= 11 is 0. The summed E-state index contributed by atoms with van der Waals surface area (Å²) in [6.45, 7) is 4.10. The molecule has 1 unspecified atom stereocenters. The molecule has 1 aliphatic rings. The molecule has 4 rings (SSSR count). The minimum atomic E-state index is 0.513. The van der Waals surface area contributed by atoms with Gasteiger partial charge in [0.05, 0.1) is 12.2 Å². The van der Waals surface area contributed by atoms with Crippen LogP contribution in [0.3, 0.4) is 0 Å². The first-order valence-electron chi connectivity index (χ1n) is 9.12. The lowest BCUT2D eigenvalue weighted by molar-refractivity contribution is -0.933. The normalized spacial score (nSPS) is 20.2. The van der Waals surface area contributed by atoms with Crippen LogP contribution in [0.5, 0.6) is 0 Å². The van der Waals surface area contributed by atoms with E-state index in [1.807, 2.05) is 0 Å². The second kappa shape index (κ2) is 6.84. The molecule has 2 aromatic heterocycles. The molecule has 3 heterocycles. The lowest BCUT2D eigenvalue weighted by atomic mass is 10.1. The monoisotopic (exact) mass is 337 g/mol. The molecule has 0 bridgehead atoms. The number of benzene rings is 1. The van der Waals surface area contributed by atoms with E-state index in [2.05, 4.69) is 71.3 Å². The van der Waals surface area contributed by atoms with Crippen molar-refractivity contribution in [1.29, 1.82) is 0 Å². The van der Waals surface area contributed by atoms with E-state index in [0.29, 0.717) is 11.9 Å². The van der Waals surface area contributed by atoms with Gasteiger partial charge in [0.25, 0.3) is 5.89 Å². The zero-order chi connectivity index (χ0) is 17.2. The van der Waals surface area contributed by atoms with Crippen LogP contribution >= 0.6 is 0 Å². The van der Waals surface area contributed by atoms with Crippen molar-refractivity contribution in [3.63, 3.8) is 0 Å². The average molecular weight is 337 g/mol. The Hall–Kier alpha value is -2.40. The van der Waals surface area contributed by atoms with E-state index in [1.165, 1.54) is 29.0 Å². The number of hydrogen-bond donors (Lipinski definition) is 1. The Balaban J connectivity index is 1.49. The Labute approximate surface area is 148 Å². The van der Waals surface area contributed by atoms with Crippen LogP contribution in [0.4, 0.5) is 0 Å². The molecule has 25 heavy (non-hydrogen) atoms. The molecular weight excluding hydrogens is 312 g/mol. The molecule has 5 heteroatoms. The largest absolute Gasteiger partial charge is 0.350 e. The topological polar surface area (TPSA) is 48.3 Å². The van der Waals surface area contributed by atoms with E-state index in [1.54, 1.807) is 0 Å². The van der Waals surface area contributed by atoms with Gasteiger partial charge in [-0.15, -0.1) is 0 Å². The number of hydrogen-bond acceptors (Lipinski definition) is 3. The number of aryl methyl sites for hydroxylation is 2. The average Bonchev–Trinajstić information content (AvgIpc) is 3.37. The third kappa shape index (κ3) is 3.24. The van der Waals surface area contributed by atoms with Gasteiger partial charge in [-0.3, -0.25) is 0 Å². The molecule has 0 spiro atoms. The molecule has 1 aliphatic heterocycles. The Morgan fingerprint density at radius 2 is 2.08 bits per heavy atom. The molecule has 0 aliphatic carbocycles. The van der Waals surface area contributed by atoms with Crippen molar-refractivity contribution < 1.29 is 9.42 Å². The molecule has 0 saturated carbocycles. The van der Waals surface area contributed by atoms with Crippen LogP contribution in [0.25, 0.3) is 11.4 Å².